The Morgan fingerprint density at radius 3 is 2.64 bits per heavy atom. The van der Waals surface area contributed by atoms with E-state index in [1.165, 1.54) is 24.0 Å². The van der Waals surface area contributed by atoms with Crippen molar-refractivity contribution in [1.29, 1.82) is 0 Å². The van der Waals surface area contributed by atoms with Gasteiger partial charge in [0.1, 0.15) is 12.3 Å². The zero-order valence-corrected chi connectivity index (χ0v) is 16.7. The van der Waals surface area contributed by atoms with E-state index in [0.29, 0.717) is 10.6 Å². The molecule has 0 N–H and O–H groups in total. The second-order valence-corrected chi connectivity index (χ2v) is 7.13. The smallest absolute Gasteiger partial charge is 0.325 e. The molecule has 0 saturated carbocycles. The predicted molar refractivity (Wildman–Crippen MR) is 108 cm³/mol. The molecule has 2 aromatic carbocycles. The highest BCUT2D eigenvalue weighted by Crippen LogP contribution is 2.20. The summed E-state index contributed by atoms with van der Waals surface area (Å²) >= 11 is 1.39. The quantitative estimate of drug-likeness (QED) is 0.573. The topological polar surface area (TPSA) is 69.9 Å². The second kappa shape index (κ2) is 9.32. The SMILES string of the molecule is CCc1ccc2c(c1)sc(=NC(=O)CCOc1ccccc1)n2CC(=O)OC. The van der Waals surface area contributed by atoms with E-state index in [1.807, 2.05) is 42.5 Å². The first-order chi connectivity index (χ1) is 13.6. The maximum absolute atomic E-state index is 12.3. The molecule has 3 aromatic rings. The highest BCUT2D eigenvalue weighted by molar-refractivity contribution is 7.16. The van der Waals surface area contributed by atoms with Crippen molar-refractivity contribution < 1.29 is 19.1 Å². The summed E-state index contributed by atoms with van der Waals surface area (Å²) in [6.07, 6.45) is 1.06. The minimum atomic E-state index is -0.388. The molecule has 0 aliphatic rings. The maximum Gasteiger partial charge on any atom is 0.325 e. The van der Waals surface area contributed by atoms with Crippen LogP contribution < -0.4 is 9.54 Å². The van der Waals surface area contributed by atoms with E-state index in [0.717, 1.165) is 16.6 Å². The van der Waals surface area contributed by atoms with E-state index in [-0.39, 0.29) is 31.4 Å². The molecule has 28 heavy (non-hydrogen) atoms. The van der Waals surface area contributed by atoms with Crippen LogP contribution in [0, 0.1) is 0 Å². The van der Waals surface area contributed by atoms with Gasteiger partial charge in [-0.2, -0.15) is 4.99 Å². The molecular formula is C21H22N2O4S. The molecule has 1 amide bonds. The molecule has 0 aliphatic heterocycles. The summed E-state index contributed by atoms with van der Waals surface area (Å²) in [6, 6.07) is 15.4. The zero-order chi connectivity index (χ0) is 19.9. The first-order valence-corrected chi connectivity index (χ1v) is 9.87. The molecule has 1 heterocycles. The van der Waals surface area contributed by atoms with Crippen LogP contribution in [0.25, 0.3) is 10.2 Å². The number of thiazole rings is 1. The normalized spacial score (nSPS) is 11.6. The number of aromatic nitrogens is 1. The Kier molecular flexibility index (Phi) is 6.60. The molecule has 1 aromatic heterocycles. The average Bonchev–Trinajstić information content (AvgIpc) is 3.04. The molecule has 3 rings (SSSR count). The van der Waals surface area contributed by atoms with Crippen LogP contribution in [0.5, 0.6) is 5.75 Å². The minimum Gasteiger partial charge on any atom is -0.493 e. The van der Waals surface area contributed by atoms with Gasteiger partial charge < -0.3 is 14.0 Å². The van der Waals surface area contributed by atoms with Crippen molar-refractivity contribution in [2.75, 3.05) is 13.7 Å². The van der Waals surface area contributed by atoms with E-state index in [4.69, 9.17) is 9.47 Å². The Morgan fingerprint density at radius 2 is 1.93 bits per heavy atom. The monoisotopic (exact) mass is 398 g/mol. The lowest BCUT2D eigenvalue weighted by molar-refractivity contribution is -0.141. The summed E-state index contributed by atoms with van der Waals surface area (Å²) in [5.41, 5.74) is 2.05. The van der Waals surface area contributed by atoms with Crippen LogP contribution in [0.4, 0.5) is 0 Å². The van der Waals surface area contributed by atoms with Gasteiger partial charge >= 0.3 is 5.97 Å². The van der Waals surface area contributed by atoms with Crippen LogP contribution in [-0.2, 0) is 27.3 Å². The lowest BCUT2D eigenvalue weighted by Crippen LogP contribution is -2.22. The summed E-state index contributed by atoms with van der Waals surface area (Å²) in [5.74, 6) is 0.0300. The standard InChI is InChI=1S/C21H22N2O4S/c1-3-15-9-10-17-18(13-15)28-21(23(17)14-20(25)26-2)22-19(24)11-12-27-16-7-5-4-6-8-16/h4-10,13H,3,11-12,14H2,1-2H3. The van der Waals surface area contributed by atoms with Gasteiger partial charge in [-0.3, -0.25) is 9.59 Å². The van der Waals surface area contributed by atoms with Gasteiger partial charge in [-0.15, -0.1) is 0 Å². The number of carbonyl (C=O) groups is 2. The van der Waals surface area contributed by atoms with Gasteiger partial charge in [0.15, 0.2) is 4.80 Å². The number of nitrogens with zero attached hydrogens (tertiary/aromatic N) is 2. The number of esters is 1. The van der Waals surface area contributed by atoms with Crippen molar-refractivity contribution in [2.24, 2.45) is 4.99 Å². The lowest BCUT2D eigenvalue weighted by Gasteiger charge is -2.05. The predicted octanol–water partition coefficient (Wildman–Crippen LogP) is 3.33. The molecule has 7 heteroatoms. The van der Waals surface area contributed by atoms with Crippen LogP contribution >= 0.6 is 11.3 Å². The van der Waals surface area contributed by atoms with E-state index < -0.39 is 0 Å². The number of amides is 1. The molecule has 0 unspecified atom stereocenters. The van der Waals surface area contributed by atoms with Gasteiger partial charge in [0, 0.05) is 0 Å². The van der Waals surface area contributed by atoms with Crippen molar-refractivity contribution in [2.45, 2.75) is 26.3 Å². The molecular weight excluding hydrogens is 376 g/mol. The van der Waals surface area contributed by atoms with Crippen molar-refractivity contribution in [3.05, 3.63) is 58.9 Å². The summed E-state index contributed by atoms with van der Waals surface area (Å²) in [5, 5.41) is 0. The largest absolute Gasteiger partial charge is 0.493 e. The highest BCUT2D eigenvalue weighted by Gasteiger charge is 2.12. The van der Waals surface area contributed by atoms with Crippen LogP contribution in [0.1, 0.15) is 18.9 Å². The Morgan fingerprint density at radius 1 is 1.14 bits per heavy atom. The van der Waals surface area contributed by atoms with E-state index >= 15 is 0 Å². The fourth-order valence-electron chi connectivity index (χ4n) is 2.70. The Balaban J connectivity index is 1.83. The molecule has 0 saturated heterocycles. The molecule has 0 atom stereocenters. The van der Waals surface area contributed by atoms with Crippen molar-refractivity contribution in [3.8, 4) is 5.75 Å². The van der Waals surface area contributed by atoms with Gasteiger partial charge in [-0.05, 0) is 36.2 Å². The molecule has 0 bridgehead atoms. The Labute approximate surface area is 167 Å². The summed E-state index contributed by atoms with van der Waals surface area (Å²) in [6.45, 7) is 2.33. The second-order valence-electron chi connectivity index (χ2n) is 6.12. The molecule has 0 fully saturated rings. The number of ether oxygens (including phenoxy) is 2. The summed E-state index contributed by atoms with van der Waals surface area (Å²) in [7, 11) is 1.34. The lowest BCUT2D eigenvalue weighted by atomic mass is 10.2. The number of hydrogen-bond donors (Lipinski definition) is 0. The number of aryl methyl sites for hydroxylation is 1. The number of para-hydroxylation sites is 1. The zero-order valence-electron chi connectivity index (χ0n) is 15.9. The number of fused-ring (bicyclic) bond motifs is 1. The molecule has 0 radical (unpaired) electrons. The Hall–Kier alpha value is -2.93. The molecule has 0 aliphatic carbocycles. The Bertz CT molecular complexity index is 1040. The number of benzene rings is 2. The maximum atomic E-state index is 12.3. The van der Waals surface area contributed by atoms with Gasteiger partial charge in [-0.1, -0.05) is 42.5 Å². The third-order valence-electron chi connectivity index (χ3n) is 4.22. The first-order valence-electron chi connectivity index (χ1n) is 9.05. The van der Waals surface area contributed by atoms with Crippen molar-refractivity contribution in [3.63, 3.8) is 0 Å². The third-order valence-corrected chi connectivity index (χ3v) is 5.26. The van der Waals surface area contributed by atoms with Crippen LogP contribution in [0.15, 0.2) is 53.5 Å². The third kappa shape index (κ3) is 4.86. The van der Waals surface area contributed by atoms with Gasteiger partial charge in [0.05, 0.1) is 30.4 Å². The fraction of sp³-hybridized carbons (Fsp3) is 0.286. The van der Waals surface area contributed by atoms with E-state index in [9.17, 15) is 9.59 Å². The molecule has 0 spiro atoms. The van der Waals surface area contributed by atoms with E-state index in [1.54, 1.807) is 4.57 Å². The van der Waals surface area contributed by atoms with Gasteiger partial charge in [0.25, 0.3) is 5.91 Å². The first kappa shape index (κ1) is 19.8. The average molecular weight is 398 g/mol. The van der Waals surface area contributed by atoms with Crippen LogP contribution in [0.3, 0.4) is 0 Å². The molecule has 146 valence electrons. The fourth-order valence-corrected chi connectivity index (χ4v) is 3.82. The number of hydrogen-bond acceptors (Lipinski definition) is 5. The van der Waals surface area contributed by atoms with Crippen molar-refractivity contribution >= 4 is 33.4 Å². The number of methoxy groups -OCH3 is 1. The number of rotatable bonds is 7. The highest BCUT2D eigenvalue weighted by atomic mass is 32.1. The number of carbonyl (C=O) groups excluding carboxylic acids is 2. The summed E-state index contributed by atoms with van der Waals surface area (Å²) < 4.78 is 13.1. The van der Waals surface area contributed by atoms with Crippen molar-refractivity contribution in [1.82, 2.24) is 4.57 Å². The van der Waals surface area contributed by atoms with Gasteiger partial charge in [-0.25, -0.2) is 0 Å². The van der Waals surface area contributed by atoms with E-state index in [2.05, 4.69) is 18.0 Å². The van der Waals surface area contributed by atoms with Gasteiger partial charge in [0.2, 0.25) is 0 Å². The summed E-state index contributed by atoms with van der Waals surface area (Å²) in [4.78, 5) is 28.9. The molecule has 6 nitrogen and oxygen atoms in total. The van der Waals surface area contributed by atoms with Crippen LogP contribution in [0.2, 0.25) is 0 Å². The van der Waals surface area contributed by atoms with Crippen LogP contribution in [-0.4, -0.2) is 30.2 Å². The minimum absolute atomic E-state index is 0.00853.